The van der Waals surface area contributed by atoms with Crippen molar-refractivity contribution in [1.82, 2.24) is 0 Å². The number of rotatable bonds is 6. The van der Waals surface area contributed by atoms with Gasteiger partial charge in [0.2, 0.25) is 0 Å². The molecule has 1 aromatic carbocycles. The minimum atomic E-state index is -2.07. The largest absolute Gasteiger partial charge is 0.414 e. The zero-order chi connectivity index (χ0) is 23.0. The molecule has 0 spiro atoms. The van der Waals surface area contributed by atoms with Gasteiger partial charge in [0.15, 0.2) is 14.6 Å². The third-order valence-corrected chi connectivity index (χ3v) is 11.2. The number of fused-ring (bicyclic) bond motifs is 1. The number of aliphatic hydroxyl groups excluding tert-OH is 3. The molecule has 7 atom stereocenters. The van der Waals surface area contributed by atoms with E-state index in [4.69, 9.17) is 18.6 Å². The molecule has 0 bridgehead atoms. The Bertz CT molecular complexity index is 775. The summed E-state index contributed by atoms with van der Waals surface area (Å²) in [6.45, 7) is 10.8. The molecule has 3 rings (SSSR count). The first-order valence-electron chi connectivity index (χ1n) is 10.8. The highest BCUT2D eigenvalue weighted by Crippen LogP contribution is 2.38. The fourth-order valence-electron chi connectivity index (χ4n) is 3.62. The molecule has 0 radical (unpaired) electrons. The van der Waals surface area contributed by atoms with Crippen LogP contribution in [0.4, 0.5) is 0 Å². The van der Waals surface area contributed by atoms with Gasteiger partial charge in [-0.2, -0.15) is 0 Å². The van der Waals surface area contributed by atoms with Crippen molar-refractivity contribution in [3.05, 3.63) is 41.5 Å². The normalized spacial score (nSPS) is 33.9. The molecule has 1 aliphatic heterocycles. The first-order chi connectivity index (χ1) is 14.5. The zero-order valence-corrected chi connectivity index (χ0v) is 20.2. The quantitative estimate of drug-likeness (QED) is 0.571. The van der Waals surface area contributed by atoms with E-state index < -0.39 is 51.2 Å². The van der Waals surface area contributed by atoms with E-state index in [1.54, 1.807) is 6.08 Å². The van der Waals surface area contributed by atoms with Crippen LogP contribution in [-0.2, 0) is 18.6 Å². The summed E-state index contributed by atoms with van der Waals surface area (Å²) in [6, 6.07) is 7.51. The number of hydrogen-bond acceptors (Lipinski definition) is 7. The summed E-state index contributed by atoms with van der Waals surface area (Å²) < 4.78 is 23.4. The van der Waals surface area contributed by atoms with Crippen molar-refractivity contribution in [2.75, 3.05) is 13.7 Å². The number of aliphatic hydroxyl groups is 3. The van der Waals surface area contributed by atoms with E-state index >= 15 is 0 Å². The van der Waals surface area contributed by atoms with Crippen LogP contribution >= 0.6 is 0 Å². The topological polar surface area (TPSA) is 97.6 Å². The molecule has 0 unspecified atom stereocenters. The highest BCUT2D eigenvalue weighted by molar-refractivity contribution is 6.74. The lowest BCUT2D eigenvalue weighted by Crippen LogP contribution is -2.61. The molecule has 1 fully saturated rings. The average molecular weight is 453 g/mol. The van der Waals surface area contributed by atoms with Crippen LogP contribution in [0.5, 0.6) is 0 Å². The zero-order valence-electron chi connectivity index (χ0n) is 19.2. The number of hydrogen-bond donors (Lipinski definition) is 3. The maximum absolute atomic E-state index is 11.0. The summed E-state index contributed by atoms with van der Waals surface area (Å²) in [4.78, 5) is 0. The van der Waals surface area contributed by atoms with E-state index in [0.717, 1.165) is 11.1 Å². The number of benzene rings is 1. The summed E-state index contributed by atoms with van der Waals surface area (Å²) in [6.07, 6.45) is -3.11. The van der Waals surface area contributed by atoms with Gasteiger partial charge in [0.25, 0.3) is 0 Å². The van der Waals surface area contributed by atoms with Gasteiger partial charge in [-0.25, -0.2) is 0 Å². The molecule has 1 aromatic rings. The lowest BCUT2D eigenvalue weighted by Gasteiger charge is -2.45. The minimum Gasteiger partial charge on any atom is -0.414 e. The maximum Gasteiger partial charge on any atom is 0.192 e. The molecule has 1 heterocycles. The molecular weight excluding hydrogens is 416 g/mol. The highest BCUT2D eigenvalue weighted by atomic mass is 28.4. The van der Waals surface area contributed by atoms with Crippen LogP contribution in [-0.4, -0.2) is 74.2 Å². The van der Waals surface area contributed by atoms with E-state index in [-0.39, 0.29) is 11.6 Å². The van der Waals surface area contributed by atoms with Crippen LogP contribution in [0.1, 0.15) is 38.0 Å². The first-order valence-corrected chi connectivity index (χ1v) is 13.7. The van der Waals surface area contributed by atoms with Crippen molar-refractivity contribution >= 4 is 14.4 Å². The van der Waals surface area contributed by atoms with Crippen LogP contribution in [0.2, 0.25) is 18.1 Å². The van der Waals surface area contributed by atoms with Gasteiger partial charge in [-0.15, -0.1) is 0 Å². The Labute approximate surface area is 185 Å². The second kappa shape index (κ2) is 9.41. The molecule has 3 N–H and O–H groups in total. The Morgan fingerprint density at radius 2 is 1.74 bits per heavy atom. The maximum atomic E-state index is 11.0. The van der Waals surface area contributed by atoms with Crippen LogP contribution < -0.4 is 0 Å². The molecule has 31 heavy (non-hydrogen) atoms. The molecule has 0 aromatic heterocycles. The molecule has 7 nitrogen and oxygen atoms in total. The molecule has 1 aliphatic carbocycles. The number of methoxy groups -OCH3 is 1. The summed E-state index contributed by atoms with van der Waals surface area (Å²) >= 11 is 0. The summed E-state index contributed by atoms with van der Waals surface area (Å²) in [5.74, 6) is 0. The minimum absolute atomic E-state index is 0.00703. The lowest BCUT2D eigenvalue weighted by atomic mass is 9.92. The Morgan fingerprint density at radius 3 is 2.39 bits per heavy atom. The van der Waals surface area contributed by atoms with Gasteiger partial charge >= 0.3 is 0 Å². The van der Waals surface area contributed by atoms with Crippen molar-refractivity contribution in [1.29, 1.82) is 0 Å². The fraction of sp³-hybridized carbons (Fsp3) is 0.652. The fourth-order valence-corrected chi connectivity index (χ4v) is 4.63. The first kappa shape index (κ1) is 24.5. The van der Waals surface area contributed by atoms with Gasteiger partial charge in [-0.1, -0.05) is 57.2 Å². The van der Waals surface area contributed by atoms with E-state index in [9.17, 15) is 15.3 Å². The van der Waals surface area contributed by atoms with Gasteiger partial charge in [0.1, 0.15) is 36.6 Å². The second-order valence-corrected chi connectivity index (χ2v) is 14.6. The average Bonchev–Trinajstić information content (AvgIpc) is 2.71. The predicted octanol–water partition coefficient (Wildman–Crippen LogP) is 2.62. The van der Waals surface area contributed by atoms with Crippen LogP contribution in [0.3, 0.4) is 0 Å². The molecule has 2 aliphatic rings. The summed E-state index contributed by atoms with van der Waals surface area (Å²) in [5, 5.41) is 32.5. The van der Waals surface area contributed by atoms with Crippen molar-refractivity contribution < 1.29 is 34.0 Å². The molecular formula is C23H36O7Si. The molecule has 1 saturated heterocycles. The van der Waals surface area contributed by atoms with Crippen molar-refractivity contribution in [2.45, 2.75) is 81.8 Å². The Kier molecular flexibility index (Phi) is 7.45. The molecule has 0 saturated carbocycles. The highest BCUT2D eigenvalue weighted by Gasteiger charge is 2.48. The van der Waals surface area contributed by atoms with Crippen LogP contribution in [0.15, 0.2) is 30.3 Å². The van der Waals surface area contributed by atoms with E-state index in [0.29, 0.717) is 0 Å². The second-order valence-electron chi connectivity index (χ2n) is 9.83. The summed E-state index contributed by atoms with van der Waals surface area (Å²) in [5.41, 5.74) is 1.66. The Balaban J connectivity index is 1.74. The predicted molar refractivity (Wildman–Crippen MR) is 120 cm³/mol. The van der Waals surface area contributed by atoms with Crippen molar-refractivity contribution in [2.24, 2.45) is 0 Å². The molecule has 8 heteroatoms. The van der Waals surface area contributed by atoms with Crippen molar-refractivity contribution in [3.8, 4) is 0 Å². The van der Waals surface area contributed by atoms with E-state index in [2.05, 4.69) is 33.9 Å². The van der Waals surface area contributed by atoms with Crippen LogP contribution in [0.25, 0.3) is 6.08 Å². The third-order valence-electron chi connectivity index (χ3n) is 6.69. The molecule has 0 amide bonds. The van der Waals surface area contributed by atoms with Crippen LogP contribution in [0, 0.1) is 0 Å². The van der Waals surface area contributed by atoms with Gasteiger partial charge < -0.3 is 34.0 Å². The van der Waals surface area contributed by atoms with E-state index in [1.807, 2.05) is 30.3 Å². The monoisotopic (exact) mass is 452 g/mol. The van der Waals surface area contributed by atoms with E-state index in [1.165, 1.54) is 7.11 Å². The Morgan fingerprint density at radius 1 is 1.06 bits per heavy atom. The summed E-state index contributed by atoms with van der Waals surface area (Å²) in [7, 11) is -0.639. The van der Waals surface area contributed by atoms with Gasteiger partial charge in [-0.05, 0) is 29.3 Å². The smallest absolute Gasteiger partial charge is 0.192 e. The lowest BCUT2D eigenvalue weighted by molar-refractivity contribution is -0.307. The van der Waals surface area contributed by atoms with Gasteiger partial charge in [0, 0.05) is 7.11 Å². The number of ether oxygens (including phenoxy) is 3. The van der Waals surface area contributed by atoms with Crippen molar-refractivity contribution in [3.63, 3.8) is 0 Å². The Hall–Kier alpha value is -1.10. The third kappa shape index (κ3) is 5.12. The molecule has 174 valence electrons. The standard InChI is InChI=1S/C23H36O7Si/c1-23(2,3)31(5,6)28-13-17-19(25)21(20(26)22(27-4)30-17)29-16-12-11-14-9-7-8-10-15(14)18(16)24/h7-12,16-22,24-26H,13H2,1-6H3/t16-,17-,18-,19+,20-,21+,22-/m1/s1. The van der Waals surface area contributed by atoms with Gasteiger partial charge in [0.05, 0.1) is 6.61 Å². The van der Waals surface area contributed by atoms with Gasteiger partial charge in [-0.3, -0.25) is 0 Å². The SMILES string of the molecule is CO[C@@H]1O[C@H](CO[Si](C)(C)C(C)(C)C)[C@H](O)[C@H](O[C@@H]2C=Cc3ccccc3[C@H]2O)[C@H]1O.